The number of aryl methyl sites for hydroxylation is 2. The van der Waals surface area contributed by atoms with E-state index in [0.717, 1.165) is 68.2 Å². The lowest BCUT2D eigenvalue weighted by Gasteiger charge is -2.33. The Kier molecular flexibility index (Phi) is 19.3. The molecule has 0 unspecified atom stereocenters. The third kappa shape index (κ3) is 13.3. The van der Waals surface area contributed by atoms with Gasteiger partial charge in [0.25, 0.3) is 0 Å². The normalized spacial score (nSPS) is 12.6. The van der Waals surface area contributed by atoms with E-state index in [1.54, 1.807) is 0 Å². The molecule has 0 amide bonds. The first-order chi connectivity index (χ1) is 40.7. The van der Waals surface area contributed by atoms with Crippen LogP contribution in [0.4, 0.5) is 0 Å². The van der Waals surface area contributed by atoms with Crippen molar-refractivity contribution in [1.29, 1.82) is 0 Å². The van der Waals surface area contributed by atoms with Gasteiger partial charge in [0.1, 0.15) is 0 Å². The van der Waals surface area contributed by atoms with Gasteiger partial charge < -0.3 is 0 Å². The Morgan fingerprint density at radius 1 is 0.301 bits per heavy atom. The maximum Gasteiger partial charge on any atom is 0.0716 e. The fourth-order valence-electron chi connectivity index (χ4n) is 13.2. The lowest BCUT2D eigenvalue weighted by Crippen LogP contribution is -2.25. The van der Waals surface area contributed by atoms with Gasteiger partial charge in [-0.2, -0.15) is 0 Å². The van der Waals surface area contributed by atoms with Crippen molar-refractivity contribution in [2.24, 2.45) is 0 Å². The van der Waals surface area contributed by atoms with Crippen molar-refractivity contribution in [3.8, 4) is 78.1 Å². The Morgan fingerprint density at radius 3 is 1.04 bits per heavy atom. The molecule has 2 aromatic heterocycles. The highest BCUT2D eigenvalue weighted by molar-refractivity contribution is 9.10. The van der Waals surface area contributed by atoms with Gasteiger partial charge in [0.2, 0.25) is 0 Å². The molecule has 1 aliphatic rings. The van der Waals surface area contributed by atoms with Crippen molar-refractivity contribution in [2.45, 2.75) is 162 Å². The smallest absolute Gasteiger partial charge is 0.0716 e. The summed E-state index contributed by atoms with van der Waals surface area (Å²) in [5.41, 5.74) is 24.7. The van der Waals surface area contributed by atoms with E-state index in [-0.39, 0.29) is 5.41 Å². The molecule has 10 aromatic rings. The van der Waals surface area contributed by atoms with Crippen molar-refractivity contribution >= 4 is 53.7 Å². The highest BCUT2D eigenvalue weighted by atomic mass is 79.9. The fraction of sp³-hybridized carbons (Fsp3) is 0.316. The van der Waals surface area contributed by atoms with E-state index in [4.69, 9.17) is 9.97 Å². The number of hydrogen-bond acceptors (Lipinski definition) is 2. The number of benzene rings is 8. The summed E-state index contributed by atoms with van der Waals surface area (Å²) in [6.45, 7) is 9.21. The SMILES string of the molecule is CCCCCCCCC1(CCCCCCCC)c2cc(-c3ccc4nc(-c5ccc(Br)cc5)cc(-c5ccc(CCCC)cc5)c4c3)ccc2-c2ccc(-c3ccc4nc(-c5ccc(Br)cc5)cc(-c5ccc(CCCC)cc5)c4c3)cc21. The second-order valence-corrected chi connectivity index (χ2v) is 25.7. The van der Waals surface area contributed by atoms with Gasteiger partial charge in [-0.05, 0) is 189 Å². The summed E-state index contributed by atoms with van der Waals surface area (Å²) in [4.78, 5) is 10.7. The number of fused-ring (bicyclic) bond motifs is 5. The van der Waals surface area contributed by atoms with Gasteiger partial charge >= 0.3 is 0 Å². The highest BCUT2D eigenvalue weighted by Crippen LogP contribution is 2.56. The van der Waals surface area contributed by atoms with Crippen LogP contribution in [-0.4, -0.2) is 9.97 Å². The molecule has 0 spiro atoms. The molecule has 0 saturated carbocycles. The van der Waals surface area contributed by atoms with Crippen molar-refractivity contribution in [3.05, 3.63) is 213 Å². The summed E-state index contributed by atoms with van der Waals surface area (Å²) in [6.07, 6.45) is 24.7. The Bertz CT molecular complexity index is 3550. The molecule has 422 valence electrons. The zero-order valence-electron chi connectivity index (χ0n) is 49.6. The average Bonchev–Trinajstić information content (AvgIpc) is 2.81. The zero-order valence-corrected chi connectivity index (χ0v) is 52.8. The molecule has 0 fully saturated rings. The molecular formula is C79H82Br2N2. The summed E-state index contributed by atoms with van der Waals surface area (Å²) in [5.74, 6) is 0. The minimum atomic E-state index is -0.114. The lowest BCUT2D eigenvalue weighted by atomic mass is 9.70. The van der Waals surface area contributed by atoms with Gasteiger partial charge in [-0.25, -0.2) is 9.97 Å². The van der Waals surface area contributed by atoms with E-state index >= 15 is 0 Å². The molecule has 11 rings (SSSR count). The Labute approximate surface area is 512 Å². The van der Waals surface area contributed by atoms with E-state index in [2.05, 4.69) is 242 Å². The third-order valence-electron chi connectivity index (χ3n) is 18.0. The molecule has 0 radical (unpaired) electrons. The Hall–Kier alpha value is -6.46. The Balaban J connectivity index is 1.03. The average molecular weight is 1220 g/mol. The summed E-state index contributed by atoms with van der Waals surface area (Å²) >= 11 is 7.33. The summed E-state index contributed by atoms with van der Waals surface area (Å²) in [7, 11) is 0. The molecule has 0 bridgehead atoms. The van der Waals surface area contributed by atoms with Crippen LogP contribution in [0.5, 0.6) is 0 Å². The minimum absolute atomic E-state index is 0.114. The molecular weight excluding hydrogens is 1140 g/mol. The van der Waals surface area contributed by atoms with Crippen LogP contribution in [0.1, 0.15) is 166 Å². The first kappa shape index (κ1) is 58.3. The third-order valence-corrected chi connectivity index (χ3v) is 19.1. The number of rotatable bonds is 26. The number of aromatic nitrogens is 2. The van der Waals surface area contributed by atoms with Crippen LogP contribution in [0.15, 0.2) is 191 Å². The molecule has 0 N–H and O–H groups in total. The molecule has 4 heteroatoms. The highest BCUT2D eigenvalue weighted by Gasteiger charge is 2.43. The summed E-state index contributed by atoms with van der Waals surface area (Å²) in [6, 6.07) is 69.5. The van der Waals surface area contributed by atoms with Gasteiger partial charge in [0.05, 0.1) is 22.4 Å². The molecule has 2 nitrogen and oxygen atoms in total. The quantitative estimate of drug-likeness (QED) is 0.0505. The molecule has 0 atom stereocenters. The number of hydrogen-bond donors (Lipinski definition) is 0. The van der Waals surface area contributed by atoms with E-state index in [0.29, 0.717) is 0 Å². The molecule has 83 heavy (non-hydrogen) atoms. The van der Waals surface area contributed by atoms with Crippen LogP contribution < -0.4 is 0 Å². The topological polar surface area (TPSA) is 25.8 Å². The van der Waals surface area contributed by atoms with E-state index in [9.17, 15) is 0 Å². The van der Waals surface area contributed by atoms with Crippen molar-refractivity contribution in [1.82, 2.24) is 9.97 Å². The molecule has 2 heterocycles. The number of nitrogens with zero attached hydrogens (tertiary/aromatic N) is 2. The Morgan fingerprint density at radius 2 is 0.639 bits per heavy atom. The summed E-state index contributed by atoms with van der Waals surface area (Å²) < 4.78 is 2.14. The van der Waals surface area contributed by atoms with Crippen molar-refractivity contribution in [3.63, 3.8) is 0 Å². The fourth-order valence-corrected chi connectivity index (χ4v) is 13.8. The van der Waals surface area contributed by atoms with Gasteiger partial charge in [-0.15, -0.1) is 0 Å². The molecule has 8 aromatic carbocycles. The molecule has 0 aliphatic heterocycles. The predicted octanol–water partition coefficient (Wildman–Crippen LogP) is 24.8. The monoisotopic (exact) mass is 1220 g/mol. The lowest BCUT2D eigenvalue weighted by molar-refractivity contribution is 0.398. The summed E-state index contributed by atoms with van der Waals surface area (Å²) in [5, 5.41) is 2.37. The standard InChI is InChI=1S/C79H82Br2N2/c1-5-9-13-15-17-19-47-79(48-20-18-16-14-10-6-2)73-51-63(61-37-45-75-71(49-61)69(57-27-23-55(24-28-57)21-11-7-3)53-77(82-75)59-31-39-65(80)40-32-59)35-43-67(73)68-44-36-64(52-74(68)79)62-38-46-76-72(50-62)70(58-29-25-56(26-30-58)22-12-8-4)54-78(83-76)60-33-41-66(81)42-34-60/h23-46,49-54H,5-22,47-48H2,1-4H3. The first-order valence-electron chi connectivity index (χ1n) is 31.7. The zero-order chi connectivity index (χ0) is 57.1. The van der Waals surface area contributed by atoms with Crippen LogP contribution in [0.25, 0.3) is 100.0 Å². The number of halogens is 2. The minimum Gasteiger partial charge on any atom is -0.248 e. The number of unbranched alkanes of at least 4 members (excludes halogenated alkanes) is 12. The van der Waals surface area contributed by atoms with Gasteiger partial charge in [0, 0.05) is 36.3 Å². The first-order valence-corrected chi connectivity index (χ1v) is 33.2. The van der Waals surface area contributed by atoms with Crippen LogP contribution >= 0.6 is 31.9 Å². The van der Waals surface area contributed by atoms with E-state index < -0.39 is 0 Å². The predicted molar refractivity (Wildman–Crippen MR) is 364 cm³/mol. The van der Waals surface area contributed by atoms with E-state index in [1.807, 2.05) is 0 Å². The maximum atomic E-state index is 5.36. The van der Waals surface area contributed by atoms with Crippen LogP contribution in [0.2, 0.25) is 0 Å². The van der Waals surface area contributed by atoms with Gasteiger partial charge in [-0.1, -0.05) is 259 Å². The van der Waals surface area contributed by atoms with Gasteiger partial charge in [-0.3, -0.25) is 0 Å². The van der Waals surface area contributed by atoms with Gasteiger partial charge in [0.15, 0.2) is 0 Å². The van der Waals surface area contributed by atoms with Crippen molar-refractivity contribution in [2.75, 3.05) is 0 Å². The molecule has 1 aliphatic carbocycles. The van der Waals surface area contributed by atoms with Crippen molar-refractivity contribution < 1.29 is 0 Å². The number of pyridine rings is 2. The van der Waals surface area contributed by atoms with Crippen LogP contribution in [0.3, 0.4) is 0 Å². The second kappa shape index (κ2) is 27.5. The van der Waals surface area contributed by atoms with Crippen LogP contribution in [0, 0.1) is 0 Å². The second-order valence-electron chi connectivity index (χ2n) is 23.8. The van der Waals surface area contributed by atoms with Crippen LogP contribution in [-0.2, 0) is 18.3 Å². The van der Waals surface area contributed by atoms with E-state index in [1.165, 1.54) is 191 Å². The largest absolute Gasteiger partial charge is 0.248 e. The molecule has 0 saturated heterocycles. The maximum absolute atomic E-state index is 5.36.